The van der Waals surface area contributed by atoms with Gasteiger partial charge in [0, 0.05) is 42.3 Å². The topological polar surface area (TPSA) is 69.9 Å². The Morgan fingerprint density at radius 1 is 1.03 bits per heavy atom. The van der Waals surface area contributed by atoms with Gasteiger partial charge in [0.05, 0.1) is 23.1 Å². The number of anilines is 1. The van der Waals surface area contributed by atoms with E-state index in [1.165, 1.54) is 17.1 Å². The van der Waals surface area contributed by atoms with Crippen molar-refractivity contribution in [2.45, 2.75) is 26.1 Å². The molecule has 182 valence electrons. The molecule has 1 aromatic heterocycles. The van der Waals surface area contributed by atoms with Gasteiger partial charge >= 0.3 is 0 Å². The number of halogens is 1. The Bertz CT molecular complexity index is 1440. The van der Waals surface area contributed by atoms with Crippen LogP contribution in [-0.2, 0) is 17.9 Å². The first-order valence-corrected chi connectivity index (χ1v) is 11.9. The summed E-state index contributed by atoms with van der Waals surface area (Å²) in [7, 11) is 0. The molecule has 4 aromatic rings. The lowest BCUT2D eigenvalue weighted by atomic mass is 10.1. The first-order valence-electron chi connectivity index (χ1n) is 11.9. The van der Waals surface area contributed by atoms with E-state index in [9.17, 15) is 14.3 Å². The van der Waals surface area contributed by atoms with Crippen LogP contribution in [0.5, 0.6) is 0 Å². The number of hydrazone groups is 1. The average molecular weight is 483 g/mol. The number of fused-ring (bicyclic) bond motifs is 1. The molecule has 5 rings (SSSR count). The van der Waals surface area contributed by atoms with E-state index in [1.807, 2.05) is 78.4 Å². The maximum Gasteiger partial charge on any atom is 0.280 e. The monoisotopic (exact) mass is 482 g/mol. The minimum absolute atomic E-state index is 0.166. The van der Waals surface area contributed by atoms with Gasteiger partial charge < -0.3 is 15.0 Å². The zero-order valence-electron chi connectivity index (χ0n) is 19.9. The van der Waals surface area contributed by atoms with E-state index < -0.39 is 6.10 Å². The fourth-order valence-corrected chi connectivity index (χ4v) is 4.40. The number of rotatable bonds is 8. The van der Waals surface area contributed by atoms with E-state index >= 15 is 0 Å². The van der Waals surface area contributed by atoms with E-state index in [0.29, 0.717) is 30.9 Å². The molecule has 2 N–H and O–H groups in total. The second-order valence-electron chi connectivity index (χ2n) is 8.86. The number of hydrogen-bond acceptors (Lipinski definition) is 4. The van der Waals surface area contributed by atoms with Crippen molar-refractivity contribution in [1.29, 1.82) is 0 Å². The van der Waals surface area contributed by atoms with Gasteiger partial charge in [0.15, 0.2) is 0 Å². The lowest BCUT2D eigenvalue weighted by Crippen LogP contribution is -2.29. The molecule has 3 aromatic carbocycles. The molecule has 1 aliphatic rings. The van der Waals surface area contributed by atoms with Crippen LogP contribution in [0.3, 0.4) is 0 Å². The van der Waals surface area contributed by atoms with Crippen LogP contribution in [0.15, 0.2) is 95.7 Å². The van der Waals surface area contributed by atoms with Crippen molar-refractivity contribution in [2.75, 3.05) is 11.6 Å². The van der Waals surface area contributed by atoms with E-state index in [-0.39, 0.29) is 11.7 Å². The molecule has 0 radical (unpaired) electrons. The summed E-state index contributed by atoms with van der Waals surface area (Å²) in [5.41, 5.74) is 4.75. The zero-order chi connectivity index (χ0) is 25.1. The maximum absolute atomic E-state index is 13.2. The Morgan fingerprint density at radius 3 is 2.53 bits per heavy atom. The number of carbonyl (C=O) groups is 1. The third-order valence-corrected chi connectivity index (χ3v) is 6.21. The Hall–Kier alpha value is -4.07. The molecule has 0 aliphatic carbocycles. The number of aromatic nitrogens is 1. The Balaban J connectivity index is 1.33. The van der Waals surface area contributed by atoms with Crippen molar-refractivity contribution < 1.29 is 14.3 Å². The van der Waals surface area contributed by atoms with Crippen molar-refractivity contribution in [3.05, 3.63) is 108 Å². The van der Waals surface area contributed by atoms with Crippen LogP contribution >= 0.6 is 0 Å². The van der Waals surface area contributed by atoms with Crippen molar-refractivity contribution in [3.63, 3.8) is 0 Å². The normalized spacial score (nSPS) is 15.6. The number of para-hydroxylation sites is 2. The summed E-state index contributed by atoms with van der Waals surface area (Å²) < 4.78 is 15.1. The molecule has 2 heterocycles. The highest BCUT2D eigenvalue weighted by molar-refractivity contribution is 6.32. The number of benzene rings is 3. The Morgan fingerprint density at radius 2 is 1.75 bits per heavy atom. The van der Waals surface area contributed by atoms with Gasteiger partial charge in [-0.25, -0.2) is 4.39 Å². The third-order valence-electron chi connectivity index (χ3n) is 6.21. The molecular formula is C29H27FN4O2. The highest BCUT2D eigenvalue weighted by Gasteiger charge is 2.29. The number of nitrogens with zero attached hydrogens (tertiary/aromatic N) is 3. The molecule has 0 fully saturated rings. The molecule has 6 nitrogen and oxygen atoms in total. The molecule has 0 saturated heterocycles. The lowest BCUT2D eigenvalue weighted by Gasteiger charge is -2.14. The van der Waals surface area contributed by atoms with Crippen LogP contribution in [0.1, 0.15) is 18.1 Å². The van der Waals surface area contributed by atoms with Crippen LogP contribution in [0.2, 0.25) is 0 Å². The van der Waals surface area contributed by atoms with E-state index in [4.69, 9.17) is 0 Å². The number of aliphatic hydroxyl groups is 1. The van der Waals surface area contributed by atoms with Crippen LogP contribution in [0.25, 0.3) is 17.0 Å². The number of amides is 1. The summed E-state index contributed by atoms with van der Waals surface area (Å²) in [6.07, 6.45) is 3.21. The Labute approximate surface area is 209 Å². The molecule has 0 bridgehead atoms. The van der Waals surface area contributed by atoms with Crippen molar-refractivity contribution in [1.82, 2.24) is 9.88 Å². The zero-order valence-corrected chi connectivity index (χ0v) is 19.9. The summed E-state index contributed by atoms with van der Waals surface area (Å²) in [5, 5.41) is 20.8. The van der Waals surface area contributed by atoms with Crippen molar-refractivity contribution >= 4 is 34.3 Å². The Kier molecular flexibility index (Phi) is 6.75. The quantitative estimate of drug-likeness (QED) is 0.357. The summed E-state index contributed by atoms with van der Waals surface area (Å²) in [5.74, 6) is -0.432. The van der Waals surface area contributed by atoms with Crippen LogP contribution < -0.4 is 10.3 Å². The second-order valence-corrected chi connectivity index (χ2v) is 8.86. The molecule has 1 unspecified atom stereocenters. The van der Waals surface area contributed by atoms with Gasteiger partial charge in [0.25, 0.3) is 5.91 Å². The van der Waals surface area contributed by atoms with Gasteiger partial charge in [-0.2, -0.15) is 10.1 Å². The van der Waals surface area contributed by atoms with E-state index in [2.05, 4.69) is 10.4 Å². The van der Waals surface area contributed by atoms with Gasteiger partial charge in [0.1, 0.15) is 5.82 Å². The fraction of sp³-hybridized carbons (Fsp3) is 0.172. The SMILES string of the molecule is CC1=NN(c2ccccc2)C(=O)/C1=C/c1cn(CC(O)CNCc2ccc(F)cc2)c2ccccc12. The maximum atomic E-state index is 13.2. The summed E-state index contributed by atoms with van der Waals surface area (Å²) in [6.45, 7) is 3.15. The highest BCUT2D eigenvalue weighted by Crippen LogP contribution is 2.28. The second kappa shape index (κ2) is 10.3. The van der Waals surface area contributed by atoms with E-state index in [0.717, 1.165) is 27.7 Å². The van der Waals surface area contributed by atoms with Gasteiger partial charge in [-0.15, -0.1) is 0 Å². The summed E-state index contributed by atoms with van der Waals surface area (Å²) in [6, 6.07) is 23.6. The number of carbonyl (C=O) groups excluding carboxylic acids is 1. The lowest BCUT2D eigenvalue weighted by molar-refractivity contribution is -0.114. The smallest absolute Gasteiger partial charge is 0.280 e. The number of aliphatic hydroxyl groups excluding tert-OH is 1. The molecular weight excluding hydrogens is 455 g/mol. The molecule has 36 heavy (non-hydrogen) atoms. The van der Waals surface area contributed by atoms with E-state index in [1.54, 1.807) is 12.1 Å². The molecule has 1 atom stereocenters. The van der Waals surface area contributed by atoms with Crippen molar-refractivity contribution in [3.8, 4) is 0 Å². The van der Waals surface area contributed by atoms with Crippen LogP contribution in [0.4, 0.5) is 10.1 Å². The first kappa shape index (κ1) is 23.7. The predicted molar refractivity (Wildman–Crippen MR) is 141 cm³/mol. The molecule has 1 amide bonds. The standard InChI is InChI=1S/C29H27FN4O2/c1-20-27(29(36)34(32-20)24-7-3-2-4-8-24)15-22-18-33(28-10-6-5-9-26(22)28)19-25(35)17-31-16-21-11-13-23(30)14-12-21/h2-15,18,25,31,35H,16-17,19H2,1H3/b27-15+. The minimum atomic E-state index is -0.633. The molecule has 1 aliphatic heterocycles. The van der Waals surface area contributed by atoms with Gasteiger partial charge in [0.2, 0.25) is 0 Å². The first-order chi connectivity index (χ1) is 17.5. The highest BCUT2D eigenvalue weighted by atomic mass is 19.1. The van der Waals surface area contributed by atoms with Gasteiger partial charge in [-0.1, -0.05) is 48.5 Å². The van der Waals surface area contributed by atoms with Crippen LogP contribution in [0, 0.1) is 5.82 Å². The van der Waals surface area contributed by atoms with Crippen LogP contribution in [-0.4, -0.2) is 33.9 Å². The molecule has 7 heteroatoms. The van der Waals surface area contributed by atoms with Crippen molar-refractivity contribution in [2.24, 2.45) is 5.10 Å². The average Bonchev–Trinajstić information content (AvgIpc) is 3.38. The molecule has 0 saturated carbocycles. The number of hydrogen-bond donors (Lipinski definition) is 2. The molecule has 0 spiro atoms. The third kappa shape index (κ3) is 4.98. The largest absolute Gasteiger partial charge is 0.390 e. The van der Waals surface area contributed by atoms with Gasteiger partial charge in [-0.3, -0.25) is 4.79 Å². The van der Waals surface area contributed by atoms with Gasteiger partial charge in [-0.05, 0) is 48.9 Å². The summed E-state index contributed by atoms with van der Waals surface area (Å²) >= 11 is 0. The minimum Gasteiger partial charge on any atom is -0.390 e. The summed E-state index contributed by atoms with van der Waals surface area (Å²) in [4.78, 5) is 13.2. The fourth-order valence-electron chi connectivity index (χ4n) is 4.40. The number of nitrogens with one attached hydrogen (secondary N) is 1. The predicted octanol–water partition coefficient (Wildman–Crippen LogP) is 4.74.